The molecule has 2 rings (SSSR count). The molecule has 0 bridgehead atoms. The molecule has 2 atom stereocenters. The van der Waals surface area contributed by atoms with Crippen molar-refractivity contribution in [3.8, 4) is 11.5 Å². The maximum absolute atomic E-state index is 12.0. The number of ether oxygens (including phenoxy) is 2. The van der Waals surface area contributed by atoms with Gasteiger partial charge in [-0.3, -0.25) is 4.79 Å². The molecule has 0 aliphatic rings. The summed E-state index contributed by atoms with van der Waals surface area (Å²) in [6.07, 6.45) is -0.530. The Morgan fingerprint density at radius 2 is 1.77 bits per heavy atom. The smallest absolute Gasteiger partial charge is 0.338 e. The molecule has 0 saturated carbocycles. The fourth-order valence-electron chi connectivity index (χ4n) is 2.20. The summed E-state index contributed by atoms with van der Waals surface area (Å²) in [7, 11) is 0. The Labute approximate surface area is 151 Å². The maximum Gasteiger partial charge on any atom is 0.338 e. The average molecular weight is 359 g/mol. The molecule has 138 valence electrons. The molecule has 0 radical (unpaired) electrons. The summed E-state index contributed by atoms with van der Waals surface area (Å²) in [6, 6.07) is 11.7. The topological polar surface area (TPSA) is 119 Å². The summed E-state index contributed by atoms with van der Waals surface area (Å²) >= 11 is 0. The van der Waals surface area contributed by atoms with Gasteiger partial charge < -0.3 is 25.4 Å². The summed E-state index contributed by atoms with van der Waals surface area (Å²) < 4.78 is 10.3. The number of esters is 2. The fourth-order valence-corrected chi connectivity index (χ4v) is 2.20. The maximum atomic E-state index is 12.0. The van der Waals surface area contributed by atoms with E-state index in [1.807, 2.05) is 0 Å². The molecule has 4 N–H and O–H groups in total. The second-order valence-corrected chi connectivity index (χ2v) is 5.85. The minimum absolute atomic E-state index is 0.0911. The number of hydrogen-bond acceptors (Lipinski definition) is 7. The van der Waals surface area contributed by atoms with Crippen molar-refractivity contribution in [3.63, 3.8) is 0 Å². The van der Waals surface area contributed by atoms with Crippen molar-refractivity contribution < 1.29 is 29.3 Å². The van der Waals surface area contributed by atoms with Crippen LogP contribution >= 0.6 is 0 Å². The molecule has 7 nitrogen and oxygen atoms in total. The van der Waals surface area contributed by atoms with E-state index < -0.39 is 24.1 Å². The quantitative estimate of drug-likeness (QED) is 0.509. The Bertz CT molecular complexity index is 762. The van der Waals surface area contributed by atoms with Crippen molar-refractivity contribution in [1.82, 2.24) is 0 Å². The lowest BCUT2D eigenvalue weighted by molar-refractivity contribution is -0.151. The first-order valence-corrected chi connectivity index (χ1v) is 8.06. The van der Waals surface area contributed by atoms with Gasteiger partial charge in [0, 0.05) is 0 Å². The van der Waals surface area contributed by atoms with Gasteiger partial charge in [0.25, 0.3) is 0 Å². The van der Waals surface area contributed by atoms with Crippen LogP contribution in [0.1, 0.15) is 22.8 Å². The molecule has 2 aromatic carbocycles. The van der Waals surface area contributed by atoms with Gasteiger partial charge in [-0.15, -0.1) is 0 Å². The van der Waals surface area contributed by atoms with Crippen LogP contribution in [-0.2, 0) is 20.7 Å². The zero-order valence-electron chi connectivity index (χ0n) is 14.3. The van der Waals surface area contributed by atoms with Crippen LogP contribution in [0.5, 0.6) is 11.5 Å². The zero-order chi connectivity index (χ0) is 19.1. The minimum Gasteiger partial charge on any atom is -0.504 e. The van der Waals surface area contributed by atoms with Crippen molar-refractivity contribution in [2.24, 2.45) is 5.73 Å². The van der Waals surface area contributed by atoms with E-state index in [-0.39, 0.29) is 24.5 Å². The molecule has 0 amide bonds. The molecule has 2 aromatic rings. The molecule has 0 unspecified atom stereocenters. The van der Waals surface area contributed by atoms with Gasteiger partial charge in [-0.05, 0) is 43.2 Å². The van der Waals surface area contributed by atoms with Crippen LogP contribution in [0.25, 0.3) is 0 Å². The van der Waals surface area contributed by atoms with Gasteiger partial charge in [0.1, 0.15) is 18.8 Å². The lowest BCUT2D eigenvalue weighted by atomic mass is 10.1. The Morgan fingerprint density at radius 3 is 2.42 bits per heavy atom. The third-order valence-corrected chi connectivity index (χ3v) is 3.57. The van der Waals surface area contributed by atoms with E-state index in [4.69, 9.17) is 15.2 Å². The lowest BCUT2D eigenvalue weighted by Gasteiger charge is -2.17. The molecule has 0 aliphatic carbocycles. The van der Waals surface area contributed by atoms with E-state index in [1.54, 1.807) is 43.3 Å². The van der Waals surface area contributed by atoms with E-state index in [0.717, 1.165) is 0 Å². The number of nitrogens with two attached hydrogens (primary N) is 1. The van der Waals surface area contributed by atoms with Gasteiger partial charge in [0.05, 0.1) is 5.56 Å². The highest BCUT2D eigenvalue weighted by molar-refractivity contribution is 5.89. The summed E-state index contributed by atoms with van der Waals surface area (Å²) in [5.74, 6) is -1.69. The van der Waals surface area contributed by atoms with E-state index >= 15 is 0 Å². The number of phenols is 2. The molecule has 0 heterocycles. The first kappa shape index (κ1) is 19.3. The summed E-state index contributed by atoms with van der Waals surface area (Å²) in [5, 5.41) is 18.7. The molecule has 0 saturated heterocycles. The van der Waals surface area contributed by atoms with Crippen molar-refractivity contribution >= 4 is 11.9 Å². The van der Waals surface area contributed by atoms with Gasteiger partial charge in [0.15, 0.2) is 11.5 Å². The number of aromatic hydroxyl groups is 2. The van der Waals surface area contributed by atoms with Crippen molar-refractivity contribution in [2.45, 2.75) is 25.5 Å². The number of benzene rings is 2. The SMILES string of the molecule is C[C@@H](COC(=O)c1ccccc1)OC(=O)[C@@H](N)Cc1ccc(O)c(O)c1. The Balaban J connectivity index is 1.80. The van der Waals surface area contributed by atoms with E-state index in [2.05, 4.69) is 0 Å². The summed E-state index contributed by atoms with van der Waals surface area (Å²) in [4.78, 5) is 23.9. The standard InChI is InChI=1S/C19H21NO6/c1-12(11-25-18(23)14-5-3-2-4-6-14)26-19(24)15(20)9-13-7-8-16(21)17(22)10-13/h2-8,10,12,15,21-22H,9,11,20H2,1H3/t12-,15-/m0/s1. The molecule has 0 spiro atoms. The van der Waals surface area contributed by atoms with Gasteiger partial charge >= 0.3 is 11.9 Å². The second-order valence-electron chi connectivity index (χ2n) is 5.85. The highest BCUT2D eigenvalue weighted by atomic mass is 16.6. The van der Waals surface area contributed by atoms with Crippen LogP contribution in [0.3, 0.4) is 0 Å². The Morgan fingerprint density at radius 1 is 1.08 bits per heavy atom. The minimum atomic E-state index is -0.953. The summed E-state index contributed by atoms with van der Waals surface area (Å²) in [6.45, 7) is 1.50. The van der Waals surface area contributed by atoms with Gasteiger partial charge in [-0.25, -0.2) is 4.79 Å². The third kappa shape index (κ3) is 5.49. The predicted molar refractivity (Wildman–Crippen MR) is 93.7 cm³/mol. The van der Waals surface area contributed by atoms with Gasteiger partial charge in [-0.1, -0.05) is 24.3 Å². The lowest BCUT2D eigenvalue weighted by Crippen LogP contribution is -2.37. The molecular weight excluding hydrogens is 338 g/mol. The van der Waals surface area contributed by atoms with Crippen LogP contribution in [-0.4, -0.2) is 40.9 Å². The van der Waals surface area contributed by atoms with Gasteiger partial charge in [0.2, 0.25) is 0 Å². The third-order valence-electron chi connectivity index (χ3n) is 3.57. The van der Waals surface area contributed by atoms with Crippen LogP contribution in [0, 0.1) is 0 Å². The molecule has 0 aliphatic heterocycles. The highest BCUT2D eigenvalue weighted by Crippen LogP contribution is 2.25. The Hall–Kier alpha value is -3.06. The van der Waals surface area contributed by atoms with Crippen LogP contribution < -0.4 is 5.73 Å². The number of carbonyl (C=O) groups is 2. The second kappa shape index (κ2) is 8.87. The monoisotopic (exact) mass is 359 g/mol. The number of carbonyl (C=O) groups excluding carboxylic acids is 2. The first-order chi connectivity index (χ1) is 12.4. The predicted octanol–water partition coefficient (Wildman–Crippen LogP) is 1.76. The van der Waals surface area contributed by atoms with E-state index in [9.17, 15) is 19.8 Å². The Kier molecular flexibility index (Phi) is 6.57. The molecule has 0 aromatic heterocycles. The van der Waals surface area contributed by atoms with Crippen molar-refractivity contribution in [3.05, 3.63) is 59.7 Å². The molecular formula is C19H21NO6. The van der Waals surface area contributed by atoms with Gasteiger partial charge in [-0.2, -0.15) is 0 Å². The van der Waals surface area contributed by atoms with Crippen LogP contribution in [0.4, 0.5) is 0 Å². The number of phenolic OH excluding ortho intramolecular Hbond substituents is 2. The largest absolute Gasteiger partial charge is 0.504 e. The molecule has 26 heavy (non-hydrogen) atoms. The first-order valence-electron chi connectivity index (χ1n) is 8.06. The summed E-state index contributed by atoms with van der Waals surface area (Å²) in [5.41, 5.74) is 6.79. The van der Waals surface area contributed by atoms with Crippen molar-refractivity contribution in [1.29, 1.82) is 0 Å². The van der Waals surface area contributed by atoms with E-state index in [0.29, 0.717) is 11.1 Å². The fraction of sp³-hybridized carbons (Fsp3) is 0.263. The zero-order valence-corrected chi connectivity index (χ0v) is 14.3. The van der Waals surface area contributed by atoms with Crippen LogP contribution in [0.2, 0.25) is 0 Å². The van der Waals surface area contributed by atoms with Crippen LogP contribution in [0.15, 0.2) is 48.5 Å². The molecule has 0 fully saturated rings. The molecule has 7 heteroatoms. The number of hydrogen-bond donors (Lipinski definition) is 3. The highest BCUT2D eigenvalue weighted by Gasteiger charge is 2.20. The van der Waals surface area contributed by atoms with E-state index in [1.165, 1.54) is 12.1 Å². The number of rotatable bonds is 7. The average Bonchev–Trinajstić information content (AvgIpc) is 2.63. The normalized spacial score (nSPS) is 12.8. The van der Waals surface area contributed by atoms with Crippen molar-refractivity contribution in [2.75, 3.05) is 6.61 Å².